The highest BCUT2D eigenvalue weighted by Crippen LogP contribution is 2.25. The first-order chi connectivity index (χ1) is 7.69. The standard InChI is InChI=1S/C13H19BrN2O/c1-8-5-10(6-9(2)12(8)14)16-11(17)7-13(3,4)15/h5-6H,7,15H2,1-4H3,(H,16,17). The van der Waals surface area contributed by atoms with Crippen LogP contribution < -0.4 is 11.1 Å². The fourth-order valence-electron chi connectivity index (χ4n) is 1.64. The van der Waals surface area contributed by atoms with Crippen molar-refractivity contribution in [3.8, 4) is 0 Å². The Labute approximate surface area is 111 Å². The molecule has 1 aromatic rings. The smallest absolute Gasteiger partial charge is 0.226 e. The number of nitrogens with two attached hydrogens (primary N) is 1. The zero-order valence-electron chi connectivity index (χ0n) is 10.7. The summed E-state index contributed by atoms with van der Waals surface area (Å²) in [5.74, 6) is -0.0568. The normalized spacial score (nSPS) is 11.4. The Hall–Kier alpha value is -0.870. The molecule has 4 heteroatoms. The van der Waals surface area contributed by atoms with Gasteiger partial charge in [-0.25, -0.2) is 0 Å². The van der Waals surface area contributed by atoms with Crippen LogP contribution in [0.5, 0.6) is 0 Å². The highest BCUT2D eigenvalue weighted by Gasteiger charge is 2.16. The molecule has 0 aliphatic heterocycles. The van der Waals surface area contributed by atoms with Crippen LogP contribution >= 0.6 is 15.9 Å². The van der Waals surface area contributed by atoms with E-state index < -0.39 is 5.54 Å². The molecule has 17 heavy (non-hydrogen) atoms. The molecule has 0 fully saturated rings. The Morgan fingerprint density at radius 1 is 1.35 bits per heavy atom. The van der Waals surface area contributed by atoms with Gasteiger partial charge in [0.15, 0.2) is 0 Å². The van der Waals surface area contributed by atoms with Crippen molar-refractivity contribution in [3.63, 3.8) is 0 Å². The number of carbonyl (C=O) groups is 1. The first-order valence-corrected chi connectivity index (χ1v) is 6.34. The number of halogens is 1. The largest absolute Gasteiger partial charge is 0.326 e. The fourth-order valence-corrected chi connectivity index (χ4v) is 1.87. The molecule has 1 rings (SSSR count). The quantitative estimate of drug-likeness (QED) is 0.901. The van der Waals surface area contributed by atoms with Crippen LogP contribution in [0.3, 0.4) is 0 Å². The molecule has 3 N–H and O–H groups in total. The lowest BCUT2D eigenvalue weighted by Crippen LogP contribution is -2.36. The molecular formula is C13H19BrN2O. The number of amides is 1. The van der Waals surface area contributed by atoms with Crippen LogP contribution in [0.25, 0.3) is 0 Å². The Morgan fingerprint density at radius 2 is 1.82 bits per heavy atom. The lowest BCUT2D eigenvalue weighted by molar-refractivity contribution is -0.117. The Balaban J connectivity index is 2.79. The van der Waals surface area contributed by atoms with Gasteiger partial charge in [0.1, 0.15) is 0 Å². The number of carbonyl (C=O) groups excluding carboxylic acids is 1. The van der Waals surface area contributed by atoms with Gasteiger partial charge in [0, 0.05) is 22.1 Å². The maximum absolute atomic E-state index is 11.7. The van der Waals surface area contributed by atoms with Crippen molar-refractivity contribution in [1.82, 2.24) is 0 Å². The second-order valence-corrected chi connectivity index (χ2v) is 5.93. The van der Waals surface area contributed by atoms with Crippen LogP contribution in [0.1, 0.15) is 31.4 Å². The predicted octanol–water partition coefficient (Wildman–Crippen LogP) is 3.13. The van der Waals surface area contributed by atoms with E-state index in [1.807, 2.05) is 39.8 Å². The monoisotopic (exact) mass is 298 g/mol. The summed E-state index contributed by atoms with van der Waals surface area (Å²) in [7, 11) is 0. The van der Waals surface area contributed by atoms with Crippen LogP contribution in [-0.4, -0.2) is 11.4 Å². The minimum atomic E-state index is -0.483. The Kier molecular flexibility index (Phi) is 4.33. The molecular weight excluding hydrogens is 280 g/mol. The zero-order chi connectivity index (χ0) is 13.2. The minimum Gasteiger partial charge on any atom is -0.326 e. The van der Waals surface area contributed by atoms with E-state index in [1.165, 1.54) is 0 Å². The lowest BCUT2D eigenvalue weighted by atomic mass is 10.0. The van der Waals surface area contributed by atoms with Gasteiger partial charge in [0.05, 0.1) is 0 Å². The molecule has 94 valence electrons. The summed E-state index contributed by atoms with van der Waals surface area (Å²) < 4.78 is 1.08. The number of aryl methyl sites for hydroxylation is 2. The number of hydrogen-bond acceptors (Lipinski definition) is 2. The Morgan fingerprint density at radius 3 is 2.24 bits per heavy atom. The average molecular weight is 299 g/mol. The van der Waals surface area contributed by atoms with E-state index in [0.29, 0.717) is 6.42 Å². The number of anilines is 1. The number of benzene rings is 1. The van der Waals surface area contributed by atoms with E-state index in [0.717, 1.165) is 21.3 Å². The summed E-state index contributed by atoms with van der Waals surface area (Å²) >= 11 is 3.50. The molecule has 1 aromatic carbocycles. The van der Waals surface area contributed by atoms with Crippen LogP contribution in [0, 0.1) is 13.8 Å². The number of rotatable bonds is 3. The summed E-state index contributed by atoms with van der Waals surface area (Å²) in [5, 5.41) is 2.87. The summed E-state index contributed by atoms with van der Waals surface area (Å²) in [5.41, 5.74) is 8.35. The molecule has 0 saturated carbocycles. The molecule has 0 saturated heterocycles. The molecule has 0 heterocycles. The maximum atomic E-state index is 11.7. The second kappa shape index (κ2) is 5.19. The molecule has 3 nitrogen and oxygen atoms in total. The third-order valence-corrected chi connectivity index (χ3v) is 3.59. The highest BCUT2D eigenvalue weighted by molar-refractivity contribution is 9.10. The van der Waals surface area contributed by atoms with E-state index >= 15 is 0 Å². The van der Waals surface area contributed by atoms with Crippen molar-refractivity contribution < 1.29 is 4.79 Å². The molecule has 1 amide bonds. The van der Waals surface area contributed by atoms with E-state index in [2.05, 4.69) is 21.2 Å². The van der Waals surface area contributed by atoms with Crippen molar-refractivity contribution >= 4 is 27.5 Å². The van der Waals surface area contributed by atoms with E-state index in [1.54, 1.807) is 0 Å². The molecule has 0 bridgehead atoms. The van der Waals surface area contributed by atoms with Gasteiger partial charge in [-0.2, -0.15) is 0 Å². The van der Waals surface area contributed by atoms with Crippen LogP contribution in [0.2, 0.25) is 0 Å². The maximum Gasteiger partial charge on any atom is 0.226 e. The van der Waals surface area contributed by atoms with Crippen molar-refractivity contribution in [2.75, 3.05) is 5.32 Å². The van der Waals surface area contributed by atoms with E-state index in [4.69, 9.17) is 5.73 Å². The van der Waals surface area contributed by atoms with E-state index in [9.17, 15) is 4.79 Å². The van der Waals surface area contributed by atoms with Gasteiger partial charge >= 0.3 is 0 Å². The first-order valence-electron chi connectivity index (χ1n) is 5.54. The molecule has 0 unspecified atom stereocenters. The van der Waals surface area contributed by atoms with Crippen molar-refractivity contribution in [2.45, 2.75) is 39.7 Å². The topological polar surface area (TPSA) is 55.1 Å². The summed E-state index contributed by atoms with van der Waals surface area (Å²) in [6.07, 6.45) is 0.307. The van der Waals surface area contributed by atoms with Gasteiger partial charge in [-0.15, -0.1) is 0 Å². The molecule has 0 atom stereocenters. The zero-order valence-corrected chi connectivity index (χ0v) is 12.3. The van der Waals surface area contributed by atoms with Crippen LogP contribution in [0.15, 0.2) is 16.6 Å². The third-order valence-electron chi connectivity index (χ3n) is 2.34. The molecule has 0 aliphatic rings. The third kappa shape index (κ3) is 4.48. The molecule has 0 spiro atoms. The van der Waals surface area contributed by atoms with E-state index in [-0.39, 0.29) is 5.91 Å². The molecule has 0 aliphatic carbocycles. The molecule has 0 aromatic heterocycles. The lowest BCUT2D eigenvalue weighted by Gasteiger charge is -2.18. The van der Waals surface area contributed by atoms with Gasteiger partial charge in [-0.05, 0) is 51.0 Å². The Bertz CT molecular complexity index is 413. The summed E-state index contributed by atoms with van der Waals surface area (Å²) in [6, 6.07) is 3.89. The fraction of sp³-hybridized carbons (Fsp3) is 0.462. The minimum absolute atomic E-state index is 0.0568. The number of hydrogen-bond donors (Lipinski definition) is 2. The predicted molar refractivity (Wildman–Crippen MR) is 75.1 cm³/mol. The van der Waals surface area contributed by atoms with Crippen molar-refractivity contribution in [2.24, 2.45) is 5.73 Å². The van der Waals surface area contributed by atoms with Gasteiger partial charge < -0.3 is 11.1 Å². The number of nitrogens with one attached hydrogen (secondary N) is 1. The highest BCUT2D eigenvalue weighted by atomic mass is 79.9. The van der Waals surface area contributed by atoms with Crippen molar-refractivity contribution in [3.05, 3.63) is 27.7 Å². The van der Waals surface area contributed by atoms with Gasteiger partial charge in [0.25, 0.3) is 0 Å². The summed E-state index contributed by atoms with van der Waals surface area (Å²) in [6.45, 7) is 7.68. The summed E-state index contributed by atoms with van der Waals surface area (Å²) in [4.78, 5) is 11.7. The van der Waals surface area contributed by atoms with Gasteiger partial charge in [-0.1, -0.05) is 15.9 Å². The second-order valence-electron chi connectivity index (χ2n) is 5.14. The SMILES string of the molecule is Cc1cc(NC(=O)CC(C)(C)N)cc(C)c1Br. The van der Waals surface area contributed by atoms with Crippen LogP contribution in [0.4, 0.5) is 5.69 Å². The first kappa shape index (κ1) is 14.2. The van der Waals surface area contributed by atoms with Gasteiger partial charge in [0.2, 0.25) is 5.91 Å². The molecule has 0 radical (unpaired) electrons. The van der Waals surface area contributed by atoms with Crippen molar-refractivity contribution in [1.29, 1.82) is 0 Å². The van der Waals surface area contributed by atoms with Crippen LogP contribution in [-0.2, 0) is 4.79 Å². The average Bonchev–Trinajstić information content (AvgIpc) is 2.10. The van der Waals surface area contributed by atoms with Gasteiger partial charge in [-0.3, -0.25) is 4.79 Å².